The Morgan fingerprint density at radius 3 is 2.64 bits per heavy atom. The van der Waals surface area contributed by atoms with Gasteiger partial charge in [-0.1, -0.05) is 23.5 Å². The van der Waals surface area contributed by atoms with Crippen molar-refractivity contribution in [2.45, 2.75) is 4.90 Å². The van der Waals surface area contributed by atoms with E-state index in [2.05, 4.69) is 12.6 Å². The molecular formula is C8H7BO3S2. The third kappa shape index (κ3) is 1.50. The van der Waals surface area contributed by atoms with Crippen LogP contribution in [0, 0.1) is 0 Å². The first-order valence-corrected chi connectivity index (χ1v) is 5.16. The van der Waals surface area contributed by atoms with Crippen LogP contribution < -0.4 is 5.46 Å². The van der Waals surface area contributed by atoms with Crippen molar-refractivity contribution in [1.29, 1.82) is 0 Å². The Morgan fingerprint density at radius 2 is 2.00 bits per heavy atom. The predicted molar refractivity (Wildman–Crippen MR) is 60.6 cm³/mol. The summed E-state index contributed by atoms with van der Waals surface area (Å²) in [6.45, 7) is 0. The zero-order chi connectivity index (χ0) is 10.3. The molecule has 0 spiro atoms. The highest BCUT2D eigenvalue weighted by Crippen LogP contribution is 2.38. The second kappa shape index (κ2) is 3.47. The molecule has 3 N–H and O–H groups in total. The first-order valence-electron chi connectivity index (χ1n) is 3.90. The molecule has 0 saturated heterocycles. The second-order valence-corrected chi connectivity index (χ2v) is 4.36. The quantitative estimate of drug-likeness (QED) is 0.425. The van der Waals surface area contributed by atoms with Gasteiger partial charge >= 0.3 is 7.12 Å². The maximum absolute atomic E-state index is 9.39. The van der Waals surface area contributed by atoms with Gasteiger partial charge in [-0.15, -0.1) is 12.6 Å². The lowest BCUT2D eigenvalue weighted by Gasteiger charge is -1.98. The lowest BCUT2D eigenvalue weighted by molar-refractivity contribution is 0.426. The summed E-state index contributed by atoms with van der Waals surface area (Å²) < 4.78 is 0.872. The molecule has 0 aliphatic heterocycles. The molecule has 0 aliphatic rings. The molecule has 2 rings (SSSR count). The van der Waals surface area contributed by atoms with Crippen LogP contribution in [0.15, 0.2) is 23.1 Å². The predicted octanol–water partition coefficient (Wildman–Crippen LogP) is 0.575. The molecule has 0 aliphatic carbocycles. The summed E-state index contributed by atoms with van der Waals surface area (Å²) >= 11 is 5.34. The summed E-state index contributed by atoms with van der Waals surface area (Å²) in [7, 11) is -1.49. The molecule has 6 heteroatoms. The van der Waals surface area contributed by atoms with Gasteiger partial charge in [0.15, 0.2) is 5.06 Å². The molecule has 72 valence electrons. The third-order valence-electron chi connectivity index (χ3n) is 1.97. The van der Waals surface area contributed by atoms with Crippen molar-refractivity contribution in [3.05, 3.63) is 18.2 Å². The fraction of sp³-hybridized carbons (Fsp3) is 0. The van der Waals surface area contributed by atoms with Gasteiger partial charge < -0.3 is 15.2 Å². The normalized spacial score (nSPS) is 10.8. The van der Waals surface area contributed by atoms with Gasteiger partial charge in [-0.2, -0.15) is 0 Å². The molecule has 1 aromatic heterocycles. The van der Waals surface area contributed by atoms with Gasteiger partial charge in [0.05, 0.1) is 4.90 Å². The molecule has 3 nitrogen and oxygen atoms in total. The summed E-state index contributed by atoms with van der Waals surface area (Å²) in [6.07, 6.45) is 0. The van der Waals surface area contributed by atoms with Gasteiger partial charge in [0.2, 0.25) is 0 Å². The Labute approximate surface area is 90.2 Å². The maximum Gasteiger partial charge on any atom is 0.488 e. The van der Waals surface area contributed by atoms with Crippen molar-refractivity contribution >= 4 is 46.6 Å². The Hall–Kier alpha value is -0.685. The van der Waals surface area contributed by atoms with Crippen molar-refractivity contribution in [2.75, 3.05) is 0 Å². The van der Waals surface area contributed by atoms with Crippen LogP contribution in [-0.4, -0.2) is 22.3 Å². The molecule has 0 unspecified atom stereocenters. The molecule has 0 bridgehead atoms. The molecule has 2 aromatic rings. The van der Waals surface area contributed by atoms with Crippen LogP contribution in [-0.2, 0) is 0 Å². The van der Waals surface area contributed by atoms with E-state index in [0.29, 0.717) is 10.4 Å². The fourth-order valence-electron chi connectivity index (χ4n) is 1.25. The summed E-state index contributed by atoms with van der Waals surface area (Å²) in [5.74, 6) is 0. The highest BCUT2D eigenvalue weighted by Gasteiger charge is 2.14. The van der Waals surface area contributed by atoms with E-state index < -0.39 is 7.12 Å². The Kier molecular flexibility index (Phi) is 2.44. The molecule has 1 heterocycles. The monoisotopic (exact) mass is 226 g/mol. The topological polar surface area (TPSA) is 60.7 Å². The van der Waals surface area contributed by atoms with Crippen molar-refractivity contribution in [1.82, 2.24) is 0 Å². The van der Waals surface area contributed by atoms with Crippen LogP contribution >= 0.6 is 24.0 Å². The standard InChI is InChI=1S/C8H7BO3S2/c10-8-7(13)5-3-4(9(11)12)1-2-6(5)14-8/h1-3,10-13H. The third-order valence-corrected chi connectivity index (χ3v) is 3.54. The second-order valence-electron chi connectivity index (χ2n) is 2.89. The zero-order valence-electron chi connectivity index (χ0n) is 7.01. The van der Waals surface area contributed by atoms with Crippen LogP contribution in [0.3, 0.4) is 0 Å². The van der Waals surface area contributed by atoms with E-state index in [9.17, 15) is 5.11 Å². The minimum Gasteiger partial charge on any atom is -0.499 e. The number of benzene rings is 1. The molecule has 0 fully saturated rings. The van der Waals surface area contributed by atoms with Gasteiger partial charge in [0.1, 0.15) is 0 Å². The number of thiophene rings is 1. The van der Waals surface area contributed by atoms with E-state index >= 15 is 0 Å². The Morgan fingerprint density at radius 1 is 1.29 bits per heavy atom. The SMILES string of the molecule is OB(O)c1ccc2sc(O)c(S)c2c1. The van der Waals surface area contributed by atoms with E-state index in [1.54, 1.807) is 18.2 Å². The first-order chi connectivity index (χ1) is 6.59. The number of aromatic hydroxyl groups is 1. The fourth-order valence-corrected chi connectivity index (χ4v) is 2.47. The van der Waals surface area contributed by atoms with Crippen molar-refractivity contribution in [3.8, 4) is 5.06 Å². The molecule has 0 atom stereocenters. The highest BCUT2D eigenvalue weighted by atomic mass is 32.1. The van der Waals surface area contributed by atoms with Crippen LogP contribution in [0.1, 0.15) is 0 Å². The number of hydrogen-bond donors (Lipinski definition) is 4. The molecule has 0 amide bonds. The average Bonchev–Trinajstić information content (AvgIpc) is 2.43. The minimum atomic E-state index is -1.49. The van der Waals surface area contributed by atoms with Crippen molar-refractivity contribution in [3.63, 3.8) is 0 Å². The Bertz CT molecular complexity index is 481. The average molecular weight is 226 g/mol. The van der Waals surface area contributed by atoms with Crippen molar-refractivity contribution in [2.24, 2.45) is 0 Å². The van der Waals surface area contributed by atoms with E-state index in [-0.39, 0.29) is 5.06 Å². The van der Waals surface area contributed by atoms with Crippen LogP contribution in [0.2, 0.25) is 0 Å². The Balaban J connectivity index is 2.69. The number of rotatable bonds is 1. The van der Waals surface area contributed by atoms with E-state index in [4.69, 9.17) is 10.0 Å². The summed E-state index contributed by atoms with van der Waals surface area (Å²) in [5, 5.41) is 28.2. The van der Waals surface area contributed by atoms with E-state index in [1.165, 1.54) is 11.3 Å². The number of hydrogen-bond acceptors (Lipinski definition) is 5. The lowest BCUT2D eigenvalue weighted by Crippen LogP contribution is -2.29. The summed E-state index contributed by atoms with van der Waals surface area (Å²) in [4.78, 5) is 0.479. The molecule has 0 radical (unpaired) electrons. The molecular weight excluding hydrogens is 219 g/mol. The van der Waals surface area contributed by atoms with Gasteiger partial charge in [0.25, 0.3) is 0 Å². The van der Waals surface area contributed by atoms with Gasteiger partial charge in [-0.3, -0.25) is 0 Å². The largest absolute Gasteiger partial charge is 0.499 e. The van der Waals surface area contributed by atoms with Crippen LogP contribution in [0.4, 0.5) is 0 Å². The van der Waals surface area contributed by atoms with Crippen LogP contribution in [0.5, 0.6) is 5.06 Å². The maximum atomic E-state index is 9.39. The smallest absolute Gasteiger partial charge is 0.488 e. The molecule has 1 aromatic carbocycles. The summed E-state index contributed by atoms with van der Waals surface area (Å²) in [5.41, 5.74) is 0.394. The molecule has 0 saturated carbocycles. The van der Waals surface area contributed by atoms with Gasteiger partial charge in [0, 0.05) is 10.1 Å². The van der Waals surface area contributed by atoms with Gasteiger partial charge in [-0.05, 0) is 11.5 Å². The first kappa shape index (κ1) is 9.85. The van der Waals surface area contributed by atoms with E-state index in [1.807, 2.05) is 0 Å². The highest BCUT2D eigenvalue weighted by molar-refractivity contribution is 7.81. The lowest BCUT2D eigenvalue weighted by atomic mass is 9.80. The summed E-state index contributed by atoms with van der Waals surface area (Å²) in [6, 6.07) is 4.95. The number of fused-ring (bicyclic) bond motifs is 1. The van der Waals surface area contributed by atoms with Gasteiger partial charge in [-0.25, -0.2) is 0 Å². The number of thiol groups is 1. The zero-order valence-corrected chi connectivity index (χ0v) is 8.72. The van der Waals surface area contributed by atoms with E-state index in [0.717, 1.165) is 10.1 Å². The molecule has 14 heavy (non-hydrogen) atoms. The van der Waals surface area contributed by atoms with Crippen LogP contribution in [0.25, 0.3) is 10.1 Å². The minimum absolute atomic E-state index is 0.146. The van der Waals surface area contributed by atoms with Crippen molar-refractivity contribution < 1.29 is 15.2 Å².